The van der Waals surface area contributed by atoms with Crippen LogP contribution in [0.4, 0.5) is 0 Å². The number of likely N-dealkylation sites (N-methyl/N-ethyl adjacent to an activating group) is 1. The van der Waals surface area contributed by atoms with Crippen LogP contribution in [0.1, 0.15) is 39.5 Å². The second-order valence-electron chi connectivity index (χ2n) is 5.50. The van der Waals surface area contributed by atoms with Crippen molar-refractivity contribution >= 4 is 10.2 Å². The van der Waals surface area contributed by atoms with Crippen molar-refractivity contribution < 1.29 is 18.3 Å². The molecule has 0 aliphatic carbocycles. The van der Waals surface area contributed by atoms with Crippen molar-refractivity contribution in [2.24, 2.45) is 0 Å². The first-order chi connectivity index (χ1) is 9.35. The van der Waals surface area contributed by atoms with Gasteiger partial charge in [-0.05, 0) is 12.8 Å². The molecule has 1 aliphatic rings. The molecule has 20 heavy (non-hydrogen) atoms. The molecule has 0 radical (unpaired) electrons. The molecule has 1 N–H and O–H groups in total. The Morgan fingerprint density at radius 2 is 1.65 bits per heavy atom. The molecule has 1 fully saturated rings. The van der Waals surface area contributed by atoms with E-state index >= 15 is 0 Å². The summed E-state index contributed by atoms with van der Waals surface area (Å²) in [5.41, 5.74) is -0.968. The van der Waals surface area contributed by atoms with Crippen molar-refractivity contribution in [1.29, 1.82) is 0 Å². The Balaban J connectivity index is 2.73. The van der Waals surface area contributed by atoms with Gasteiger partial charge in [-0.1, -0.05) is 13.8 Å². The fourth-order valence-corrected chi connectivity index (χ4v) is 4.07. The van der Waals surface area contributed by atoms with Crippen LogP contribution in [0.25, 0.3) is 0 Å². The third-order valence-electron chi connectivity index (χ3n) is 3.61. The fraction of sp³-hybridized carbons (Fsp3) is 1.00. The van der Waals surface area contributed by atoms with Gasteiger partial charge >= 0.3 is 0 Å². The summed E-state index contributed by atoms with van der Waals surface area (Å²) in [5.74, 6) is 0. The molecule has 0 saturated carbocycles. The predicted molar refractivity (Wildman–Crippen MR) is 78.7 cm³/mol. The molecule has 6 nitrogen and oxygen atoms in total. The van der Waals surface area contributed by atoms with Gasteiger partial charge in [0.1, 0.15) is 0 Å². The minimum Gasteiger partial charge on any atom is -0.388 e. The van der Waals surface area contributed by atoms with Gasteiger partial charge in [0.15, 0.2) is 0 Å². The first kappa shape index (κ1) is 17.8. The van der Waals surface area contributed by atoms with E-state index in [4.69, 9.17) is 4.74 Å². The van der Waals surface area contributed by atoms with Gasteiger partial charge in [-0.25, -0.2) is 0 Å². The molecule has 0 aromatic carbocycles. The van der Waals surface area contributed by atoms with Crippen molar-refractivity contribution in [3.63, 3.8) is 0 Å². The highest BCUT2D eigenvalue weighted by molar-refractivity contribution is 7.86. The Morgan fingerprint density at radius 1 is 1.15 bits per heavy atom. The lowest BCUT2D eigenvalue weighted by molar-refractivity contribution is -0.0693. The van der Waals surface area contributed by atoms with E-state index in [2.05, 4.69) is 0 Å². The van der Waals surface area contributed by atoms with Crippen LogP contribution in [0.5, 0.6) is 0 Å². The zero-order valence-electron chi connectivity index (χ0n) is 12.8. The van der Waals surface area contributed by atoms with E-state index in [1.807, 2.05) is 13.8 Å². The maximum Gasteiger partial charge on any atom is 0.281 e. The van der Waals surface area contributed by atoms with E-state index in [1.54, 1.807) is 7.05 Å². The monoisotopic (exact) mass is 308 g/mol. The summed E-state index contributed by atoms with van der Waals surface area (Å²) in [5, 5.41) is 10.4. The van der Waals surface area contributed by atoms with Gasteiger partial charge < -0.3 is 9.84 Å². The second-order valence-corrected chi connectivity index (χ2v) is 7.53. The van der Waals surface area contributed by atoms with Gasteiger partial charge in [-0.2, -0.15) is 17.0 Å². The number of rotatable bonds is 8. The summed E-state index contributed by atoms with van der Waals surface area (Å²) in [6, 6.07) is 0. The Kier molecular flexibility index (Phi) is 6.87. The first-order valence-electron chi connectivity index (χ1n) is 7.37. The molecule has 1 rings (SSSR count). The van der Waals surface area contributed by atoms with Crippen molar-refractivity contribution in [2.75, 3.05) is 39.9 Å². The van der Waals surface area contributed by atoms with Crippen LogP contribution in [0.3, 0.4) is 0 Å². The SMILES string of the molecule is CCCN(CCC)S(=O)(=O)N(C)CC1(O)CCOCC1. The maximum absolute atomic E-state index is 12.5. The smallest absolute Gasteiger partial charge is 0.281 e. The average molecular weight is 308 g/mol. The predicted octanol–water partition coefficient (Wildman–Crippen LogP) is 0.826. The summed E-state index contributed by atoms with van der Waals surface area (Å²) in [7, 11) is -1.95. The Hall–Kier alpha value is -0.210. The van der Waals surface area contributed by atoms with E-state index in [1.165, 1.54) is 8.61 Å². The Morgan fingerprint density at radius 3 is 2.10 bits per heavy atom. The standard InChI is InChI=1S/C13H28N2O4S/c1-4-8-15(9-5-2)20(17,18)14(3)12-13(16)6-10-19-11-7-13/h16H,4-12H2,1-3H3. The molecule has 0 spiro atoms. The van der Waals surface area contributed by atoms with Crippen molar-refractivity contribution in [2.45, 2.75) is 45.1 Å². The molecule has 1 saturated heterocycles. The molecule has 0 unspecified atom stereocenters. The molecular weight excluding hydrogens is 280 g/mol. The van der Waals surface area contributed by atoms with Crippen LogP contribution in [0, 0.1) is 0 Å². The van der Waals surface area contributed by atoms with E-state index in [9.17, 15) is 13.5 Å². The molecule has 0 amide bonds. The lowest BCUT2D eigenvalue weighted by Gasteiger charge is -2.36. The summed E-state index contributed by atoms with van der Waals surface area (Å²) >= 11 is 0. The third-order valence-corrected chi connectivity index (χ3v) is 5.54. The Labute approximate surface area is 122 Å². The van der Waals surface area contributed by atoms with Crippen molar-refractivity contribution in [3.05, 3.63) is 0 Å². The van der Waals surface area contributed by atoms with Crippen LogP contribution in [-0.4, -0.2) is 67.6 Å². The number of aliphatic hydroxyl groups is 1. The summed E-state index contributed by atoms with van der Waals surface area (Å²) in [6.07, 6.45) is 2.53. The maximum atomic E-state index is 12.5. The zero-order valence-corrected chi connectivity index (χ0v) is 13.7. The number of nitrogens with zero attached hydrogens (tertiary/aromatic N) is 2. The first-order valence-corrected chi connectivity index (χ1v) is 8.77. The van der Waals surface area contributed by atoms with Crippen LogP contribution in [0.15, 0.2) is 0 Å². The molecular formula is C13H28N2O4S. The lowest BCUT2D eigenvalue weighted by Crippen LogP contribution is -2.51. The molecule has 1 aliphatic heterocycles. The van der Waals surface area contributed by atoms with Gasteiger partial charge in [0, 0.05) is 52.7 Å². The van der Waals surface area contributed by atoms with Crippen LogP contribution in [0.2, 0.25) is 0 Å². The summed E-state index contributed by atoms with van der Waals surface area (Å²) < 4.78 is 33.1. The highest BCUT2D eigenvalue weighted by Crippen LogP contribution is 2.23. The largest absolute Gasteiger partial charge is 0.388 e. The minimum atomic E-state index is -3.50. The number of hydrogen-bond donors (Lipinski definition) is 1. The second kappa shape index (κ2) is 7.70. The fourth-order valence-electron chi connectivity index (χ4n) is 2.44. The van der Waals surface area contributed by atoms with Gasteiger partial charge in [0.05, 0.1) is 5.60 Å². The highest BCUT2D eigenvalue weighted by Gasteiger charge is 2.36. The van der Waals surface area contributed by atoms with Crippen molar-refractivity contribution in [3.8, 4) is 0 Å². The quantitative estimate of drug-likeness (QED) is 0.721. The van der Waals surface area contributed by atoms with Gasteiger partial charge in [-0.3, -0.25) is 0 Å². The molecule has 0 atom stereocenters. The zero-order chi connectivity index (χ0) is 15.2. The molecule has 7 heteroatoms. The van der Waals surface area contributed by atoms with Gasteiger partial charge in [0.2, 0.25) is 0 Å². The van der Waals surface area contributed by atoms with Crippen LogP contribution in [-0.2, 0) is 14.9 Å². The van der Waals surface area contributed by atoms with E-state index in [0.717, 1.165) is 12.8 Å². The van der Waals surface area contributed by atoms with Crippen molar-refractivity contribution in [1.82, 2.24) is 8.61 Å². The van der Waals surface area contributed by atoms with Crippen LogP contribution < -0.4 is 0 Å². The molecule has 0 bridgehead atoms. The van der Waals surface area contributed by atoms with E-state index in [-0.39, 0.29) is 6.54 Å². The van der Waals surface area contributed by atoms with E-state index < -0.39 is 15.8 Å². The molecule has 1 heterocycles. The minimum absolute atomic E-state index is 0.128. The summed E-state index contributed by atoms with van der Waals surface area (Å²) in [6.45, 7) is 6.05. The number of hydrogen-bond acceptors (Lipinski definition) is 4. The topological polar surface area (TPSA) is 70.1 Å². The molecule has 0 aromatic rings. The highest BCUT2D eigenvalue weighted by atomic mass is 32.2. The van der Waals surface area contributed by atoms with Gasteiger partial charge in [0.25, 0.3) is 10.2 Å². The average Bonchev–Trinajstić information content (AvgIpc) is 2.38. The van der Waals surface area contributed by atoms with E-state index in [0.29, 0.717) is 39.1 Å². The van der Waals surface area contributed by atoms with Gasteiger partial charge in [-0.15, -0.1) is 0 Å². The molecule has 0 aromatic heterocycles. The lowest BCUT2D eigenvalue weighted by atomic mass is 9.95. The van der Waals surface area contributed by atoms with Crippen LogP contribution >= 0.6 is 0 Å². The summed E-state index contributed by atoms with van der Waals surface area (Å²) in [4.78, 5) is 0. The molecule has 120 valence electrons. The number of ether oxygens (including phenoxy) is 1. The third kappa shape index (κ3) is 4.66. The Bertz CT molecular complexity index is 374. The normalized spacial score (nSPS) is 19.7.